The van der Waals surface area contributed by atoms with Crippen LogP contribution >= 0.6 is 22.6 Å². The van der Waals surface area contributed by atoms with Gasteiger partial charge in [-0.1, -0.05) is 18.2 Å². The number of hydrogen-bond acceptors (Lipinski definition) is 3. The number of nitrogens with zero attached hydrogens (tertiary/aromatic N) is 1. The van der Waals surface area contributed by atoms with Crippen molar-refractivity contribution in [3.8, 4) is 0 Å². The first-order chi connectivity index (χ1) is 8.27. The summed E-state index contributed by atoms with van der Waals surface area (Å²) in [6, 6.07) is 7.42. The second kappa shape index (κ2) is 4.23. The van der Waals surface area contributed by atoms with E-state index in [0.29, 0.717) is 15.9 Å². The molecule has 0 saturated carbocycles. The summed E-state index contributed by atoms with van der Waals surface area (Å²) >= 11 is 1.98. The predicted octanol–water partition coefficient (Wildman–Crippen LogP) is 3.28. The zero-order valence-electron chi connectivity index (χ0n) is 8.61. The Labute approximate surface area is 110 Å². The third-order valence-electron chi connectivity index (χ3n) is 2.49. The van der Waals surface area contributed by atoms with Crippen molar-refractivity contribution >= 4 is 39.3 Å². The second-order valence-corrected chi connectivity index (χ2v) is 4.62. The van der Waals surface area contributed by atoms with Crippen LogP contribution < -0.4 is 0 Å². The highest BCUT2D eigenvalue weighted by molar-refractivity contribution is 14.1. The molecule has 0 spiro atoms. The lowest BCUT2D eigenvalue weighted by atomic mass is 10.2. The maximum atomic E-state index is 14.1. The van der Waals surface area contributed by atoms with E-state index >= 15 is 0 Å². The van der Waals surface area contributed by atoms with Crippen LogP contribution in [0.1, 0.15) is 5.69 Å². The molecule has 0 amide bonds. The Kier molecular flexibility index (Phi) is 2.71. The summed E-state index contributed by atoms with van der Waals surface area (Å²) in [6.45, 7) is 0.319. The van der Waals surface area contributed by atoms with Crippen molar-refractivity contribution in [1.82, 2.24) is 4.98 Å². The molecule has 0 bridgehead atoms. The SMILES string of the molecule is Fc1c(C2=CCOO2)nc2ccccc2c1I. The van der Waals surface area contributed by atoms with E-state index in [-0.39, 0.29) is 11.5 Å². The van der Waals surface area contributed by atoms with Crippen molar-refractivity contribution in [3.63, 3.8) is 0 Å². The Morgan fingerprint density at radius 3 is 2.88 bits per heavy atom. The molecule has 0 radical (unpaired) electrons. The third kappa shape index (κ3) is 1.79. The summed E-state index contributed by atoms with van der Waals surface area (Å²) in [5.74, 6) is -0.0350. The molecule has 0 saturated heterocycles. The molecule has 2 heterocycles. The molecule has 1 aromatic heterocycles. The second-order valence-electron chi connectivity index (χ2n) is 3.54. The van der Waals surface area contributed by atoms with Crippen LogP contribution in [0.3, 0.4) is 0 Å². The van der Waals surface area contributed by atoms with E-state index < -0.39 is 0 Å². The van der Waals surface area contributed by atoms with Crippen molar-refractivity contribution in [3.05, 3.63) is 45.4 Å². The molecule has 17 heavy (non-hydrogen) atoms. The summed E-state index contributed by atoms with van der Waals surface area (Å²) < 4.78 is 14.7. The van der Waals surface area contributed by atoms with E-state index in [1.165, 1.54) is 0 Å². The fraction of sp³-hybridized carbons (Fsp3) is 0.0833. The van der Waals surface area contributed by atoms with E-state index in [1.807, 2.05) is 46.9 Å². The minimum Gasteiger partial charge on any atom is -0.335 e. The lowest BCUT2D eigenvalue weighted by Gasteiger charge is -2.07. The van der Waals surface area contributed by atoms with Gasteiger partial charge in [0.15, 0.2) is 11.6 Å². The van der Waals surface area contributed by atoms with Gasteiger partial charge in [-0.25, -0.2) is 9.37 Å². The molecule has 2 aromatic rings. The lowest BCUT2D eigenvalue weighted by molar-refractivity contribution is -0.209. The fourth-order valence-electron chi connectivity index (χ4n) is 1.69. The Morgan fingerprint density at radius 2 is 2.12 bits per heavy atom. The Bertz CT molecular complexity index is 627. The van der Waals surface area contributed by atoms with Crippen molar-refractivity contribution < 1.29 is 14.2 Å². The van der Waals surface area contributed by atoms with Crippen LogP contribution in [0.5, 0.6) is 0 Å². The number of aromatic nitrogens is 1. The number of hydrogen-bond donors (Lipinski definition) is 0. The normalized spacial score (nSPS) is 14.8. The standard InChI is InChI=1S/C12H7FINO2/c13-10-11(14)7-3-1-2-4-8(7)15-12(10)9-5-6-16-17-9/h1-5H,6H2. The van der Waals surface area contributed by atoms with Crippen LogP contribution in [-0.2, 0) is 9.78 Å². The molecule has 0 atom stereocenters. The molecular weight excluding hydrogens is 336 g/mol. The van der Waals surface area contributed by atoms with E-state index in [2.05, 4.69) is 4.98 Å². The van der Waals surface area contributed by atoms with Gasteiger partial charge in [0.1, 0.15) is 12.3 Å². The first-order valence-corrected chi connectivity index (χ1v) is 6.09. The summed E-state index contributed by atoms with van der Waals surface area (Å²) in [7, 11) is 0. The molecule has 0 aliphatic carbocycles. The van der Waals surface area contributed by atoms with Gasteiger partial charge in [-0.3, -0.25) is 0 Å². The van der Waals surface area contributed by atoms with Crippen LogP contribution in [0.2, 0.25) is 0 Å². The zero-order valence-corrected chi connectivity index (χ0v) is 10.8. The van der Waals surface area contributed by atoms with Crippen molar-refractivity contribution in [2.24, 2.45) is 0 Å². The molecule has 86 valence electrons. The van der Waals surface area contributed by atoms with E-state index in [4.69, 9.17) is 9.78 Å². The van der Waals surface area contributed by atoms with Crippen molar-refractivity contribution in [1.29, 1.82) is 0 Å². The van der Waals surface area contributed by atoms with Crippen LogP contribution in [0.15, 0.2) is 30.3 Å². The minimum atomic E-state index is -0.374. The highest BCUT2D eigenvalue weighted by Crippen LogP contribution is 2.29. The number of benzene rings is 1. The number of pyridine rings is 1. The number of halogens is 2. The van der Waals surface area contributed by atoms with Crippen LogP contribution in [-0.4, -0.2) is 11.6 Å². The number of fused-ring (bicyclic) bond motifs is 1. The molecule has 3 nitrogen and oxygen atoms in total. The highest BCUT2D eigenvalue weighted by Gasteiger charge is 2.20. The minimum absolute atomic E-state index is 0.200. The monoisotopic (exact) mass is 343 g/mol. The predicted molar refractivity (Wildman–Crippen MR) is 69.4 cm³/mol. The van der Waals surface area contributed by atoms with E-state index in [0.717, 1.165) is 10.9 Å². The highest BCUT2D eigenvalue weighted by atomic mass is 127. The quantitative estimate of drug-likeness (QED) is 0.588. The van der Waals surface area contributed by atoms with Gasteiger partial charge in [-0.05, 0) is 34.7 Å². The summed E-state index contributed by atoms with van der Waals surface area (Å²) in [6.07, 6.45) is 1.66. The summed E-state index contributed by atoms with van der Waals surface area (Å²) in [4.78, 5) is 13.9. The van der Waals surface area contributed by atoms with E-state index in [9.17, 15) is 4.39 Å². The maximum Gasteiger partial charge on any atom is 0.192 e. The van der Waals surface area contributed by atoms with Crippen LogP contribution in [0.25, 0.3) is 16.7 Å². The first kappa shape index (κ1) is 10.9. The molecule has 0 fully saturated rings. The van der Waals surface area contributed by atoms with Gasteiger partial charge in [-0.2, -0.15) is 4.89 Å². The molecule has 3 rings (SSSR count). The molecule has 1 aliphatic heterocycles. The molecule has 1 aliphatic rings. The van der Waals surface area contributed by atoms with Gasteiger partial charge >= 0.3 is 0 Å². The fourth-order valence-corrected chi connectivity index (χ4v) is 2.40. The van der Waals surface area contributed by atoms with Crippen LogP contribution in [0, 0.1) is 9.39 Å². The van der Waals surface area contributed by atoms with E-state index in [1.54, 1.807) is 6.08 Å². The van der Waals surface area contributed by atoms with Gasteiger partial charge in [0.05, 0.1) is 9.09 Å². The molecule has 5 heteroatoms. The molecule has 0 N–H and O–H groups in total. The number of rotatable bonds is 1. The Balaban J connectivity index is 2.29. The van der Waals surface area contributed by atoms with Gasteiger partial charge in [-0.15, -0.1) is 0 Å². The molecular formula is C12H7FINO2. The molecule has 0 unspecified atom stereocenters. The summed E-state index contributed by atoms with van der Waals surface area (Å²) in [5, 5.41) is 0.800. The average molecular weight is 343 g/mol. The third-order valence-corrected chi connectivity index (χ3v) is 3.55. The smallest absolute Gasteiger partial charge is 0.192 e. The van der Waals surface area contributed by atoms with Gasteiger partial charge in [0.2, 0.25) is 0 Å². The topological polar surface area (TPSA) is 31.4 Å². The Hall–Kier alpha value is -1.21. The summed E-state index contributed by atoms with van der Waals surface area (Å²) in [5.41, 5.74) is 0.940. The van der Waals surface area contributed by atoms with Crippen LogP contribution in [0.4, 0.5) is 4.39 Å². The first-order valence-electron chi connectivity index (χ1n) is 5.01. The van der Waals surface area contributed by atoms with Gasteiger partial charge in [0.25, 0.3) is 0 Å². The van der Waals surface area contributed by atoms with Crippen molar-refractivity contribution in [2.45, 2.75) is 0 Å². The Morgan fingerprint density at radius 1 is 1.29 bits per heavy atom. The molecule has 1 aromatic carbocycles. The maximum absolute atomic E-state index is 14.1. The largest absolute Gasteiger partial charge is 0.335 e. The van der Waals surface area contributed by atoms with Gasteiger partial charge in [0, 0.05) is 5.39 Å². The zero-order chi connectivity index (χ0) is 11.8. The lowest BCUT2D eigenvalue weighted by Crippen LogP contribution is -1.99. The average Bonchev–Trinajstić information content (AvgIpc) is 2.87. The van der Waals surface area contributed by atoms with Crippen molar-refractivity contribution in [2.75, 3.05) is 6.61 Å². The number of para-hydroxylation sites is 1. The van der Waals surface area contributed by atoms with Gasteiger partial charge < -0.3 is 4.89 Å².